The first-order valence-electron chi connectivity index (χ1n) is 4.77. The zero-order chi connectivity index (χ0) is 11.4. The van der Waals surface area contributed by atoms with E-state index in [9.17, 15) is 0 Å². The fourth-order valence-electron chi connectivity index (χ4n) is 1.23. The number of thioether (sulfide) groups is 1. The first-order chi connectivity index (χ1) is 7.79. The molecule has 2 rings (SSSR count). The highest BCUT2D eigenvalue weighted by molar-refractivity contribution is 7.98. The van der Waals surface area contributed by atoms with Gasteiger partial charge in [-0.05, 0) is 18.6 Å². The Morgan fingerprint density at radius 2 is 2.25 bits per heavy atom. The molecule has 0 spiro atoms. The molecule has 0 fully saturated rings. The molecule has 16 heavy (non-hydrogen) atoms. The third-order valence-corrected chi connectivity index (χ3v) is 3.21. The van der Waals surface area contributed by atoms with E-state index in [1.165, 1.54) is 10.5 Å². The second-order valence-corrected chi connectivity index (χ2v) is 4.23. The van der Waals surface area contributed by atoms with Gasteiger partial charge in [0, 0.05) is 4.90 Å². The van der Waals surface area contributed by atoms with Crippen molar-refractivity contribution in [2.24, 2.45) is 5.84 Å². The number of hydrogen-bond acceptors (Lipinski definition) is 6. The Morgan fingerprint density at radius 3 is 2.94 bits per heavy atom. The maximum Gasteiger partial charge on any atom is 0.335 e. The van der Waals surface area contributed by atoms with Gasteiger partial charge in [0.05, 0.1) is 5.75 Å². The van der Waals surface area contributed by atoms with Crippen molar-refractivity contribution in [3.63, 3.8) is 0 Å². The summed E-state index contributed by atoms with van der Waals surface area (Å²) in [6.45, 7) is 2.07. The molecule has 1 aromatic carbocycles. The second kappa shape index (κ2) is 5.00. The number of nitrogens with zero attached hydrogens (tertiary/aromatic N) is 2. The maximum atomic E-state index is 5.14. The lowest BCUT2D eigenvalue weighted by Gasteiger charge is -2.01. The van der Waals surface area contributed by atoms with E-state index < -0.39 is 0 Å². The lowest BCUT2D eigenvalue weighted by atomic mass is 10.2. The van der Waals surface area contributed by atoms with Crippen LogP contribution in [0, 0.1) is 6.92 Å². The summed E-state index contributed by atoms with van der Waals surface area (Å²) in [4.78, 5) is 5.26. The molecular formula is C10H12N4OS. The zero-order valence-electron chi connectivity index (χ0n) is 8.80. The van der Waals surface area contributed by atoms with Gasteiger partial charge >= 0.3 is 6.01 Å². The number of aromatic nitrogens is 2. The Hall–Kier alpha value is -1.53. The summed E-state index contributed by atoms with van der Waals surface area (Å²) < 4.78 is 4.82. The van der Waals surface area contributed by atoms with Crippen molar-refractivity contribution in [1.82, 2.24) is 10.1 Å². The molecule has 3 N–H and O–H groups in total. The molecule has 0 saturated carbocycles. The molecular weight excluding hydrogens is 224 g/mol. The smallest absolute Gasteiger partial charge is 0.314 e. The van der Waals surface area contributed by atoms with Gasteiger partial charge in [-0.15, -0.1) is 11.8 Å². The number of nitrogen functional groups attached to an aromatic ring is 1. The standard InChI is InChI=1S/C10H12N4OS/c1-7-4-2-3-5-8(7)16-6-9-12-10(13-11)15-14-9/h2-5H,6,11H2,1H3,(H,12,13,14). The van der Waals surface area contributed by atoms with Gasteiger partial charge in [0.1, 0.15) is 0 Å². The van der Waals surface area contributed by atoms with Gasteiger partial charge in [-0.1, -0.05) is 23.4 Å². The predicted octanol–water partition coefficient (Wildman–Crippen LogP) is 1.96. The summed E-state index contributed by atoms with van der Waals surface area (Å²) in [5, 5.41) is 3.78. The molecule has 6 heteroatoms. The minimum Gasteiger partial charge on any atom is -0.314 e. The topological polar surface area (TPSA) is 77.0 Å². The van der Waals surface area contributed by atoms with Crippen molar-refractivity contribution in [3.05, 3.63) is 35.7 Å². The molecule has 0 aliphatic heterocycles. The van der Waals surface area contributed by atoms with Gasteiger partial charge in [0.2, 0.25) is 0 Å². The third kappa shape index (κ3) is 2.53. The third-order valence-electron chi connectivity index (χ3n) is 2.04. The predicted molar refractivity (Wildman–Crippen MR) is 62.8 cm³/mol. The molecule has 5 nitrogen and oxygen atoms in total. The van der Waals surface area contributed by atoms with Gasteiger partial charge in [0.15, 0.2) is 5.82 Å². The van der Waals surface area contributed by atoms with Crippen LogP contribution in [0.15, 0.2) is 33.7 Å². The Balaban J connectivity index is 1.99. The number of hydrogen-bond donors (Lipinski definition) is 2. The van der Waals surface area contributed by atoms with Crippen molar-refractivity contribution < 1.29 is 4.52 Å². The van der Waals surface area contributed by atoms with E-state index in [1.54, 1.807) is 11.8 Å². The highest BCUT2D eigenvalue weighted by Crippen LogP contribution is 2.24. The SMILES string of the molecule is Cc1ccccc1SCc1noc(NN)n1. The van der Waals surface area contributed by atoms with Crippen molar-refractivity contribution in [2.45, 2.75) is 17.6 Å². The van der Waals surface area contributed by atoms with Crippen LogP contribution in [0.2, 0.25) is 0 Å². The van der Waals surface area contributed by atoms with E-state index in [0.29, 0.717) is 11.6 Å². The van der Waals surface area contributed by atoms with Gasteiger partial charge in [-0.2, -0.15) is 4.98 Å². The first kappa shape index (κ1) is 11.0. The van der Waals surface area contributed by atoms with Crippen LogP contribution in [0.5, 0.6) is 0 Å². The molecule has 0 aliphatic rings. The fraction of sp³-hybridized carbons (Fsp3) is 0.200. The zero-order valence-corrected chi connectivity index (χ0v) is 9.62. The average Bonchev–Trinajstić information content (AvgIpc) is 2.76. The minimum absolute atomic E-state index is 0.236. The quantitative estimate of drug-likeness (QED) is 0.480. The van der Waals surface area contributed by atoms with Crippen LogP contribution in [0.3, 0.4) is 0 Å². The van der Waals surface area contributed by atoms with Crippen LogP contribution in [-0.4, -0.2) is 10.1 Å². The van der Waals surface area contributed by atoms with E-state index >= 15 is 0 Å². The molecule has 0 atom stereocenters. The van der Waals surface area contributed by atoms with Crippen LogP contribution >= 0.6 is 11.8 Å². The lowest BCUT2D eigenvalue weighted by Crippen LogP contribution is -2.06. The normalized spacial score (nSPS) is 10.4. The molecule has 0 bridgehead atoms. The van der Waals surface area contributed by atoms with E-state index in [0.717, 1.165) is 0 Å². The summed E-state index contributed by atoms with van der Waals surface area (Å²) >= 11 is 1.67. The van der Waals surface area contributed by atoms with Gasteiger partial charge in [-0.3, -0.25) is 5.43 Å². The fourth-order valence-corrected chi connectivity index (χ4v) is 2.10. The lowest BCUT2D eigenvalue weighted by molar-refractivity contribution is 0.425. The summed E-state index contributed by atoms with van der Waals surface area (Å²) in [6.07, 6.45) is 0. The summed E-state index contributed by atoms with van der Waals surface area (Å²) in [6, 6.07) is 8.41. The minimum atomic E-state index is 0.236. The van der Waals surface area contributed by atoms with Crippen LogP contribution in [-0.2, 0) is 5.75 Å². The van der Waals surface area contributed by atoms with E-state index in [2.05, 4.69) is 34.6 Å². The Kier molecular flexibility index (Phi) is 3.43. The molecule has 0 aliphatic carbocycles. The average molecular weight is 236 g/mol. The van der Waals surface area contributed by atoms with Crippen molar-refractivity contribution in [1.29, 1.82) is 0 Å². The molecule has 0 radical (unpaired) electrons. The van der Waals surface area contributed by atoms with Gasteiger partial charge < -0.3 is 4.52 Å². The molecule has 2 aromatic rings. The molecule has 84 valence electrons. The molecule has 0 saturated heterocycles. The van der Waals surface area contributed by atoms with Crippen molar-refractivity contribution in [2.75, 3.05) is 5.43 Å². The Labute approximate surface area is 97.4 Å². The van der Waals surface area contributed by atoms with E-state index in [4.69, 9.17) is 10.4 Å². The second-order valence-electron chi connectivity index (χ2n) is 3.21. The number of hydrazine groups is 1. The number of anilines is 1. The number of aryl methyl sites for hydroxylation is 1. The first-order valence-corrected chi connectivity index (χ1v) is 5.76. The maximum absolute atomic E-state index is 5.14. The summed E-state index contributed by atoms with van der Waals surface area (Å²) in [5.41, 5.74) is 3.55. The molecule has 1 heterocycles. The number of nitrogens with two attached hydrogens (primary N) is 1. The van der Waals surface area contributed by atoms with Crippen LogP contribution in [0.4, 0.5) is 6.01 Å². The van der Waals surface area contributed by atoms with Crippen LogP contribution in [0.1, 0.15) is 11.4 Å². The number of rotatable bonds is 4. The summed E-state index contributed by atoms with van der Waals surface area (Å²) in [7, 11) is 0. The monoisotopic (exact) mass is 236 g/mol. The van der Waals surface area contributed by atoms with E-state index in [-0.39, 0.29) is 6.01 Å². The number of benzene rings is 1. The highest BCUT2D eigenvalue weighted by Gasteiger charge is 2.05. The molecule has 0 amide bonds. The van der Waals surface area contributed by atoms with Gasteiger partial charge in [-0.25, -0.2) is 5.84 Å². The van der Waals surface area contributed by atoms with Crippen LogP contribution in [0.25, 0.3) is 0 Å². The summed E-state index contributed by atoms with van der Waals surface area (Å²) in [5.74, 6) is 6.43. The highest BCUT2D eigenvalue weighted by atomic mass is 32.2. The van der Waals surface area contributed by atoms with Gasteiger partial charge in [0.25, 0.3) is 0 Å². The molecule has 0 unspecified atom stereocenters. The van der Waals surface area contributed by atoms with Crippen molar-refractivity contribution in [3.8, 4) is 0 Å². The largest absolute Gasteiger partial charge is 0.335 e. The van der Waals surface area contributed by atoms with Crippen LogP contribution < -0.4 is 11.3 Å². The van der Waals surface area contributed by atoms with E-state index in [1.807, 2.05) is 12.1 Å². The Bertz CT molecular complexity index is 471. The molecule has 1 aromatic heterocycles. The van der Waals surface area contributed by atoms with Crippen molar-refractivity contribution >= 4 is 17.8 Å². The Morgan fingerprint density at radius 1 is 1.44 bits per heavy atom. The number of nitrogens with one attached hydrogen (secondary N) is 1.